The van der Waals surface area contributed by atoms with Crippen molar-refractivity contribution in [3.8, 4) is 0 Å². The molecule has 0 saturated heterocycles. The topological polar surface area (TPSA) is 55.4 Å². The zero-order chi connectivity index (χ0) is 15.9. The molecule has 2 rings (SSSR count). The second kappa shape index (κ2) is 7.61. The van der Waals surface area contributed by atoms with Crippen LogP contribution in [-0.2, 0) is 20.7 Å². The highest BCUT2D eigenvalue weighted by atomic mass is 35.5. The fraction of sp³-hybridized carbons (Fsp3) is 0.176. The van der Waals surface area contributed by atoms with Crippen molar-refractivity contribution in [3.05, 3.63) is 64.7 Å². The molecule has 0 saturated carbocycles. The molecule has 2 aromatic carbocycles. The highest BCUT2D eigenvalue weighted by Gasteiger charge is 2.09. The van der Waals surface area contributed by atoms with Crippen molar-refractivity contribution in [1.82, 2.24) is 0 Å². The molecular weight excluding hydrogens is 302 g/mol. The van der Waals surface area contributed by atoms with Crippen molar-refractivity contribution in [2.75, 3.05) is 11.9 Å². The lowest BCUT2D eigenvalue weighted by atomic mass is 10.1. The highest BCUT2D eigenvalue weighted by molar-refractivity contribution is 6.30. The molecule has 0 heterocycles. The van der Waals surface area contributed by atoms with E-state index >= 15 is 0 Å². The van der Waals surface area contributed by atoms with E-state index in [2.05, 4.69) is 5.32 Å². The van der Waals surface area contributed by atoms with Crippen LogP contribution in [0.5, 0.6) is 0 Å². The first-order valence-electron chi connectivity index (χ1n) is 6.80. The molecule has 22 heavy (non-hydrogen) atoms. The van der Waals surface area contributed by atoms with E-state index in [-0.39, 0.29) is 18.9 Å². The number of hydrogen-bond donors (Lipinski definition) is 1. The molecule has 0 atom stereocenters. The van der Waals surface area contributed by atoms with Gasteiger partial charge in [-0.25, -0.2) is 0 Å². The van der Waals surface area contributed by atoms with E-state index in [1.807, 2.05) is 25.1 Å². The third-order valence-electron chi connectivity index (χ3n) is 3.05. The van der Waals surface area contributed by atoms with Gasteiger partial charge in [0.15, 0.2) is 6.61 Å². The van der Waals surface area contributed by atoms with Crippen molar-refractivity contribution in [2.24, 2.45) is 0 Å². The number of para-hydroxylation sites is 1. The van der Waals surface area contributed by atoms with E-state index < -0.39 is 5.97 Å². The number of anilines is 1. The number of ether oxygens (including phenoxy) is 1. The van der Waals surface area contributed by atoms with E-state index in [0.717, 1.165) is 11.1 Å². The zero-order valence-corrected chi connectivity index (χ0v) is 12.9. The lowest BCUT2D eigenvalue weighted by Gasteiger charge is -2.08. The second-order valence-electron chi connectivity index (χ2n) is 4.83. The molecule has 0 fully saturated rings. The molecule has 0 aliphatic carbocycles. The quantitative estimate of drug-likeness (QED) is 0.860. The number of esters is 1. The van der Waals surface area contributed by atoms with Crippen molar-refractivity contribution in [2.45, 2.75) is 13.3 Å². The van der Waals surface area contributed by atoms with Crippen LogP contribution < -0.4 is 5.32 Å². The van der Waals surface area contributed by atoms with Crippen LogP contribution in [0.25, 0.3) is 0 Å². The van der Waals surface area contributed by atoms with Crippen molar-refractivity contribution >= 4 is 29.2 Å². The number of halogens is 1. The Morgan fingerprint density at radius 1 is 1.09 bits per heavy atom. The summed E-state index contributed by atoms with van der Waals surface area (Å²) < 4.78 is 4.97. The predicted molar refractivity (Wildman–Crippen MR) is 85.9 cm³/mol. The molecule has 0 aliphatic heterocycles. The van der Waals surface area contributed by atoms with Crippen LogP contribution in [0.2, 0.25) is 5.02 Å². The van der Waals surface area contributed by atoms with Crippen molar-refractivity contribution < 1.29 is 14.3 Å². The molecule has 0 unspecified atom stereocenters. The minimum absolute atomic E-state index is 0.106. The molecular formula is C17H16ClNO3. The van der Waals surface area contributed by atoms with E-state index in [0.29, 0.717) is 10.7 Å². The number of carbonyl (C=O) groups excluding carboxylic acids is 2. The number of rotatable bonds is 5. The van der Waals surface area contributed by atoms with Crippen LogP contribution in [0, 0.1) is 6.92 Å². The molecule has 1 amide bonds. The zero-order valence-electron chi connectivity index (χ0n) is 12.1. The molecule has 114 valence electrons. The first-order chi connectivity index (χ1) is 10.5. The number of hydrogen-bond acceptors (Lipinski definition) is 3. The lowest BCUT2D eigenvalue weighted by Crippen LogP contribution is -2.22. The average Bonchev–Trinajstić information content (AvgIpc) is 2.50. The summed E-state index contributed by atoms with van der Waals surface area (Å²) in [6, 6.07) is 14.3. The van der Waals surface area contributed by atoms with Gasteiger partial charge in [0.1, 0.15) is 0 Å². The third kappa shape index (κ3) is 4.90. The Morgan fingerprint density at radius 3 is 2.45 bits per heavy atom. The first-order valence-corrected chi connectivity index (χ1v) is 7.18. The molecule has 0 aromatic heterocycles. The Morgan fingerprint density at radius 2 is 1.77 bits per heavy atom. The first kappa shape index (κ1) is 16.0. The number of nitrogens with one attached hydrogen (secondary N) is 1. The normalized spacial score (nSPS) is 10.1. The Bertz CT molecular complexity index is 668. The molecule has 0 bridgehead atoms. The van der Waals surface area contributed by atoms with Gasteiger partial charge in [-0.3, -0.25) is 9.59 Å². The van der Waals surface area contributed by atoms with Gasteiger partial charge in [0.25, 0.3) is 5.91 Å². The number of carbonyl (C=O) groups is 2. The number of aryl methyl sites for hydroxylation is 1. The highest BCUT2D eigenvalue weighted by Crippen LogP contribution is 2.13. The summed E-state index contributed by atoms with van der Waals surface area (Å²) in [7, 11) is 0. The largest absolute Gasteiger partial charge is 0.455 e. The summed E-state index contributed by atoms with van der Waals surface area (Å²) in [6.45, 7) is 1.59. The van der Waals surface area contributed by atoms with Gasteiger partial charge in [-0.15, -0.1) is 0 Å². The molecule has 0 radical (unpaired) electrons. The van der Waals surface area contributed by atoms with Crippen LogP contribution in [0.4, 0.5) is 5.69 Å². The van der Waals surface area contributed by atoms with Crippen LogP contribution in [0.3, 0.4) is 0 Å². The van der Waals surface area contributed by atoms with Crippen LogP contribution in [0.15, 0.2) is 48.5 Å². The summed E-state index contributed by atoms with van der Waals surface area (Å²) in [4.78, 5) is 23.4. The molecule has 4 nitrogen and oxygen atoms in total. The Hall–Kier alpha value is -2.33. The smallest absolute Gasteiger partial charge is 0.310 e. The van der Waals surface area contributed by atoms with Gasteiger partial charge in [0, 0.05) is 10.7 Å². The molecule has 2 aromatic rings. The number of benzene rings is 2. The fourth-order valence-corrected chi connectivity index (χ4v) is 1.99. The second-order valence-corrected chi connectivity index (χ2v) is 5.26. The van der Waals surface area contributed by atoms with Crippen LogP contribution in [0.1, 0.15) is 11.1 Å². The van der Waals surface area contributed by atoms with Gasteiger partial charge < -0.3 is 10.1 Å². The minimum Gasteiger partial charge on any atom is -0.455 e. The maximum atomic E-state index is 11.8. The van der Waals surface area contributed by atoms with Crippen molar-refractivity contribution in [1.29, 1.82) is 0 Å². The predicted octanol–water partition coefficient (Wildman–Crippen LogP) is 3.37. The summed E-state index contributed by atoms with van der Waals surface area (Å²) >= 11 is 5.77. The fourth-order valence-electron chi connectivity index (χ4n) is 1.87. The van der Waals surface area contributed by atoms with E-state index in [9.17, 15) is 9.59 Å². The average molecular weight is 318 g/mol. The SMILES string of the molecule is Cc1ccccc1NC(=O)COC(=O)Cc1ccc(Cl)cc1. The van der Waals surface area contributed by atoms with Gasteiger partial charge in [0.05, 0.1) is 6.42 Å². The van der Waals surface area contributed by atoms with Gasteiger partial charge in [-0.2, -0.15) is 0 Å². The van der Waals surface area contributed by atoms with Crippen LogP contribution >= 0.6 is 11.6 Å². The summed E-state index contributed by atoms with van der Waals surface area (Å²) in [5.74, 6) is -0.819. The summed E-state index contributed by atoms with van der Waals surface area (Å²) in [6.07, 6.45) is 0.106. The maximum Gasteiger partial charge on any atom is 0.310 e. The standard InChI is InChI=1S/C17H16ClNO3/c1-12-4-2-3-5-15(12)19-16(20)11-22-17(21)10-13-6-8-14(18)9-7-13/h2-9H,10-11H2,1H3,(H,19,20). The van der Waals surface area contributed by atoms with Gasteiger partial charge in [0.2, 0.25) is 0 Å². The van der Waals surface area contributed by atoms with Gasteiger partial charge >= 0.3 is 5.97 Å². The third-order valence-corrected chi connectivity index (χ3v) is 3.30. The minimum atomic E-state index is -0.456. The number of amides is 1. The summed E-state index contributed by atoms with van der Waals surface area (Å²) in [5, 5.41) is 3.31. The maximum absolute atomic E-state index is 11.8. The molecule has 1 N–H and O–H groups in total. The Balaban J connectivity index is 1.79. The Labute approximate surface area is 134 Å². The lowest BCUT2D eigenvalue weighted by molar-refractivity contribution is -0.146. The summed E-state index contributed by atoms with van der Waals surface area (Å²) in [5.41, 5.74) is 2.44. The van der Waals surface area contributed by atoms with Gasteiger partial charge in [-0.1, -0.05) is 41.9 Å². The monoisotopic (exact) mass is 317 g/mol. The van der Waals surface area contributed by atoms with Crippen molar-refractivity contribution in [3.63, 3.8) is 0 Å². The Kier molecular flexibility index (Phi) is 5.55. The van der Waals surface area contributed by atoms with Crippen LogP contribution in [-0.4, -0.2) is 18.5 Å². The van der Waals surface area contributed by atoms with Gasteiger partial charge in [-0.05, 0) is 36.2 Å². The molecule has 5 heteroatoms. The van der Waals surface area contributed by atoms with E-state index in [1.54, 1.807) is 30.3 Å². The molecule has 0 aliphatic rings. The molecule has 0 spiro atoms. The van der Waals surface area contributed by atoms with E-state index in [1.165, 1.54) is 0 Å². The van der Waals surface area contributed by atoms with E-state index in [4.69, 9.17) is 16.3 Å².